The third kappa shape index (κ3) is 25.9. The zero-order chi connectivity index (χ0) is 89.4. The SMILES string of the molecule is CC(C)(C)c1cc(CC(=O)Cc2ccc(Oc3ccnc(N)c3N)cc2F)n(-c2c[c-]ccc2)n1.CC(C)(C)c1cc(CC(=O)Cc2ccc(Oc3ccnc4[nH]c(=O)cnc34)cc2F)n(-c2c[c-]ccc2)n1.Nc1ccc(Oc2ccnc(N)c2[N+](=O)[O-])cc1F.Nc1nccc(Oc2ccc(CC(=O)Cc3ccnn3-c3c[c-]ccc3)c(F)c2)c1[N+](=O)[O-].[Y].[Y].[Y]. The fourth-order valence-corrected chi connectivity index (χ4v) is 12.2. The molecule has 0 amide bonds. The molecule has 15 aromatic rings. The van der Waals surface area contributed by atoms with Gasteiger partial charge in [0.2, 0.25) is 23.1 Å². The second-order valence-electron chi connectivity index (χ2n) is 29.9. The Bertz CT molecular complexity index is 6560. The number of hydrogen-bond acceptors (Lipinski definition) is 25. The topological polar surface area (TPSA) is 455 Å². The molecule has 0 spiro atoms. The molecule has 38 heteroatoms. The molecule has 31 nitrogen and oxygen atoms in total. The van der Waals surface area contributed by atoms with Gasteiger partial charge in [-0.25, -0.2) is 42.5 Å². The quantitative estimate of drug-likeness (QED) is 0.0102. The Morgan fingerprint density at radius 2 is 0.812 bits per heavy atom. The van der Waals surface area contributed by atoms with Gasteiger partial charge < -0.3 is 52.6 Å². The number of H-pyrrole nitrogens is 1. The minimum absolute atomic E-state index is 0. The first-order valence-electron chi connectivity index (χ1n) is 38.1. The van der Waals surface area contributed by atoms with Gasteiger partial charge in [0.1, 0.15) is 80.6 Å². The standard InChI is InChI=1S/C29H25FN5O3.C27H27FN5O2.C23H17FN5O4.C11H9FN4O3.3Y/c1-29(2,3)25-15-20(35(34-25)19-7-5-4-6-8-19)14-21(36)13-18-9-10-22(16-23(18)30)38-24-11-12-31-28-27(24)32-17-26(37)33-28;1-27(2,3)24-15-19(33(32-24)18-7-5-4-6-8-18)14-20(34)13-17-9-10-21(16-22(17)28)35-23-11-12-31-26(30)25(23)29;24-20-14-19(33-21-9-10-26-23(25)22(21)29(31)32)7-6-15(20)12-18(30)13-17-8-11-27-28(17)16-4-2-1-3-5-16;12-7-5-6(1-2-8(7)13)19-9-3-4-15-11(14)10(9)16(17)18;;;/h4-5,7-12,15-17H,13-14H2,1-3H3,(H,31,33,37);4-5,7-12,15-16H,13-14,29H2,1-3H3,(H2,30,31);1-2,4-11,14H,12-13H2,(H2,25,26);1-5H,13H2,(H2,14,15);;;/q3*-1;;;;. The number of nitro groups is 2. The number of ether oxygens (including phenoxy) is 4. The summed E-state index contributed by atoms with van der Waals surface area (Å²) in [6.45, 7) is 12.4. The van der Waals surface area contributed by atoms with Gasteiger partial charge >= 0.3 is 11.4 Å². The number of nitrogens with zero attached hydrogens (tertiary/aromatic N) is 13. The van der Waals surface area contributed by atoms with Crippen LogP contribution in [0.5, 0.6) is 46.0 Å². The van der Waals surface area contributed by atoms with Gasteiger partial charge in [-0.05, 0) is 82.3 Å². The molecule has 0 aliphatic heterocycles. The monoisotopic (exact) mass is 1960 g/mol. The number of ketones is 3. The fraction of sp³-hybridized carbons (Fsp3) is 0.156. The Labute approximate surface area is 804 Å². The van der Waals surface area contributed by atoms with E-state index in [2.05, 4.69) is 94.7 Å². The predicted octanol–water partition coefficient (Wildman–Crippen LogP) is 15.6. The van der Waals surface area contributed by atoms with E-state index in [1.807, 2.05) is 60.7 Å². The number of nitrogens with one attached hydrogen (secondary N) is 1. The Balaban J connectivity index is 0.000000196. The average Bonchev–Trinajstić information content (AvgIpc) is 1.70. The van der Waals surface area contributed by atoms with Crippen LogP contribution in [0.1, 0.15) is 86.7 Å². The van der Waals surface area contributed by atoms with Crippen LogP contribution in [-0.2, 0) is 162 Å². The van der Waals surface area contributed by atoms with Crippen LogP contribution in [0, 0.1) is 61.7 Å². The summed E-state index contributed by atoms with van der Waals surface area (Å²) in [4.78, 5) is 92.5. The summed E-state index contributed by atoms with van der Waals surface area (Å²) in [7, 11) is 0. The molecule has 0 fully saturated rings. The van der Waals surface area contributed by atoms with E-state index in [1.54, 1.807) is 74.8 Å². The molecule has 15 rings (SSSR count). The number of benzene rings is 7. The number of halogens is 4. The van der Waals surface area contributed by atoms with E-state index in [0.717, 1.165) is 58.2 Å². The first-order chi connectivity index (χ1) is 59.7. The maximum atomic E-state index is 15.0. The number of carbonyl (C=O) groups excluding carboxylic acids is 3. The number of carbonyl (C=O) groups is 3. The van der Waals surface area contributed by atoms with Crippen molar-refractivity contribution in [2.45, 2.75) is 90.9 Å². The zero-order valence-corrected chi connectivity index (χ0v) is 78.0. The van der Waals surface area contributed by atoms with Gasteiger partial charge in [-0.1, -0.05) is 59.7 Å². The number of hydrogen-bond donors (Lipinski definition) is 6. The van der Waals surface area contributed by atoms with E-state index < -0.39 is 44.5 Å². The van der Waals surface area contributed by atoms with Crippen molar-refractivity contribution in [3.63, 3.8) is 0 Å². The van der Waals surface area contributed by atoms with Gasteiger partial charge in [-0.2, -0.15) is 88.1 Å². The Morgan fingerprint density at radius 1 is 0.438 bits per heavy atom. The predicted molar refractivity (Wildman–Crippen MR) is 456 cm³/mol. The van der Waals surface area contributed by atoms with Crippen molar-refractivity contribution in [3.05, 3.63) is 342 Å². The van der Waals surface area contributed by atoms with E-state index in [1.165, 1.54) is 85.5 Å². The van der Waals surface area contributed by atoms with Crippen molar-refractivity contribution in [1.29, 1.82) is 0 Å². The molecular formula is C90H78F4N19O12Y3-3. The van der Waals surface area contributed by atoms with Gasteiger partial charge in [-0.15, -0.1) is 18.2 Å². The third-order valence-electron chi connectivity index (χ3n) is 18.5. The van der Waals surface area contributed by atoms with Crippen molar-refractivity contribution < 1.29 is 159 Å². The molecule has 0 saturated carbocycles. The summed E-state index contributed by atoms with van der Waals surface area (Å²) >= 11 is 0. The summed E-state index contributed by atoms with van der Waals surface area (Å²) in [6, 6.07) is 58.5. The maximum absolute atomic E-state index is 15.0. The van der Waals surface area contributed by atoms with Crippen LogP contribution in [0.4, 0.5) is 57.8 Å². The summed E-state index contributed by atoms with van der Waals surface area (Å²) in [5.74, 6) is -2.53. The number of anilines is 5. The molecule has 8 aromatic heterocycles. The van der Waals surface area contributed by atoms with Gasteiger partial charge in [-0.3, -0.25) is 53.5 Å². The van der Waals surface area contributed by atoms with Crippen LogP contribution in [0.15, 0.2) is 230 Å². The van der Waals surface area contributed by atoms with Crippen LogP contribution in [0.2, 0.25) is 0 Å². The second kappa shape index (κ2) is 44.4. The normalized spacial score (nSPS) is 10.8. The summed E-state index contributed by atoms with van der Waals surface area (Å²) in [5.41, 5.74) is 33.8. The number of aromatic nitrogens is 12. The minimum Gasteiger partial charge on any atom is -0.455 e. The number of fused-ring (bicyclic) bond motifs is 1. The van der Waals surface area contributed by atoms with Crippen LogP contribution < -0.4 is 53.2 Å². The maximum Gasteiger partial charge on any atom is 0.353 e. The summed E-state index contributed by atoms with van der Waals surface area (Å²) < 4.78 is 85.0. The number of pyridine rings is 4. The van der Waals surface area contributed by atoms with Crippen molar-refractivity contribution >= 4 is 68.7 Å². The van der Waals surface area contributed by atoms with Crippen molar-refractivity contribution in [3.8, 4) is 63.1 Å². The van der Waals surface area contributed by atoms with Gasteiger partial charge in [0.05, 0.1) is 33.1 Å². The molecule has 0 atom stereocenters. The van der Waals surface area contributed by atoms with Crippen LogP contribution in [0.3, 0.4) is 0 Å². The molecule has 11 N–H and O–H groups in total. The molecule has 0 aliphatic carbocycles. The molecule has 645 valence electrons. The molecule has 0 bridgehead atoms. The molecule has 128 heavy (non-hydrogen) atoms. The zero-order valence-electron chi connectivity index (χ0n) is 69.4. The molecule has 0 saturated heterocycles. The van der Waals surface area contributed by atoms with Gasteiger partial charge in [0.15, 0.2) is 17.1 Å². The van der Waals surface area contributed by atoms with Gasteiger partial charge in [0, 0.05) is 244 Å². The molecule has 3 radical (unpaired) electrons. The summed E-state index contributed by atoms with van der Waals surface area (Å²) in [5, 5.41) is 35.8. The Kier molecular flexibility index (Phi) is 34.2. The second-order valence-corrected chi connectivity index (χ2v) is 29.9. The largest absolute Gasteiger partial charge is 0.455 e. The van der Waals surface area contributed by atoms with Crippen LogP contribution in [-0.4, -0.2) is 86.4 Å². The number of nitrogens with two attached hydrogens (primary N) is 5. The first kappa shape index (κ1) is 98.7. The smallest absolute Gasteiger partial charge is 0.353 e. The number of rotatable bonds is 25. The molecule has 0 aliphatic rings. The summed E-state index contributed by atoms with van der Waals surface area (Å²) in [6.07, 6.45) is 8.13. The van der Waals surface area contributed by atoms with E-state index in [9.17, 15) is 57.0 Å². The number of Topliss-reactive ketones (excluding diaryl/α,β-unsaturated/α-hetero) is 3. The first-order valence-corrected chi connectivity index (χ1v) is 38.1. The number of aromatic amines is 1. The average molecular weight is 1960 g/mol. The van der Waals surface area contributed by atoms with Crippen molar-refractivity contribution in [1.82, 2.24) is 59.2 Å². The van der Waals surface area contributed by atoms with Crippen molar-refractivity contribution in [2.24, 2.45) is 0 Å². The van der Waals surface area contributed by atoms with Crippen LogP contribution >= 0.6 is 0 Å². The van der Waals surface area contributed by atoms with E-state index >= 15 is 0 Å². The van der Waals surface area contributed by atoms with E-state index in [0.29, 0.717) is 17.0 Å². The number of nitrogen functional groups attached to an aromatic ring is 5. The van der Waals surface area contributed by atoms with E-state index in [4.69, 9.17) is 57.8 Å². The van der Waals surface area contributed by atoms with E-state index in [-0.39, 0.29) is 262 Å². The fourth-order valence-electron chi connectivity index (χ4n) is 12.2. The Morgan fingerprint density at radius 3 is 1.22 bits per heavy atom. The molecule has 8 heterocycles. The molecule has 0 unspecified atom stereocenters. The van der Waals surface area contributed by atoms with Gasteiger partial charge in [0.25, 0.3) is 5.56 Å². The molecular weight excluding hydrogens is 1880 g/mol. The van der Waals surface area contributed by atoms with Crippen molar-refractivity contribution in [2.75, 3.05) is 28.7 Å². The Hall–Kier alpha value is -13.0. The minimum atomic E-state index is -0.723. The molecule has 7 aromatic carbocycles. The van der Waals surface area contributed by atoms with Crippen LogP contribution in [0.25, 0.3) is 28.2 Å². The third-order valence-corrected chi connectivity index (χ3v) is 18.5.